The summed E-state index contributed by atoms with van der Waals surface area (Å²) >= 11 is 1.76. The number of hydrogen-bond donors (Lipinski definition) is 2. The fourth-order valence-corrected chi connectivity index (χ4v) is 3.59. The van der Waals surface area contributed by atoms with Crippen LogP contribution in [0.2, 0.25) is 0 Å². The molecule has 114 valence electrons. The Morgan fingerprint density at radius 3 is 2.71 bits per heavy atom. The number of nitrogens with one attached hydrogen (secondary N) is 2. The van der Waals surface area contributed by atoms with Gasteiger partial charge in [0.05, 0.1) is 5.39 Å². The second-order valence-corrected chi connectivity index (χ2v) is 6.49. The summed E-state index contributed by atoms with van der Waals surface area (Å²) in [5, 5.41) is 6.66. The Morgan fingerprint density at radius 2 is 2.00 bits per heavy atom. The molecule has 0 atom stereocenters. The van der Waals surface area contributed by atoms with E-state index < -0.39 is 0 Å². The first-order chi connectivity index (χ1) is 10.3. The Hall–Kier alpha value is -1.40. The van der Waals surface area contributed by atoms with Crippen molar-refractivity contribution < 1.29 is 0 Å². The average Bonchev–Trinajstić information content (AvgIpc) is 2.92. The van der Waals surface area contributed by atoms with Gasteiger partial charge in [-0.2, -0.15) is 4.98 Å². The van der Waals surface area contributed by atoms with Crippen LogP contribution in [-0.2, 0) is 6.42 Å². The van der Waals surface area contributed by atoms with Crippen LogP contribution in [0.5, 0.6) is 0 Å². The molecule has 2 aromatic heterocycles. The smallest absolute Gasteiger partial charge is 0.226 e. The molecular formula is C15H23N5S. The number of aromatic nitrogens is 2. The standard InChI is InChI=1S/C15H23N5S/c1-3-11-10-12-13(19-20-8-6-5-7-9-20)17-15(16-4-2)18-14(12)21-11/h10H,3-9H2,1-2H3,(H2,16,17,18,19). The monoisotopic (exact) mass is 305 g/mol. The number of rotatable bonds is 5. The second kappa shape index (κ2) is 6.58. The van der Waals surface area contributed by atoms with Crippen molar-refractivity contribution in [3.63, 3.8) is 0 Å². The van der Waals surface area contributed by atoms with Gasteiger partial charge >= 0.3 is 0 Å². The van der Waals surface area contributed by atoms with Crippen LogP contribution in [0.4, 0.5) is 11.8 Å². The lowest BCUT2D eigenvalue weighted by Crippen LogP contribution is -2.35. The van der Waals surface area contributed by atoms with Crippen molar-refractivity contribution in [2.75, 3.05) is 30.4 Å². The van der Waals surface area contributed by atoms with E-state index in [0.29, 0.717) is 5.95 Å². The highest BCUT2D eigenvalue weighted by atomic mass is 32.1. The van der Waals surface area contributed by atoms with Gasteiger partial charge in [0.2, 0.25) is 5.95 Å². The maximum Gasteiger partial charge on any atom is 0.226 e. The SMILES string of the molecule is CCNc1nc(NN2CCCCC2)c2cc(CC)sc2n1. The fraction of sp³-hybridized carbons (Fsp3) is 0.600. The summed E-state index contributed by atoms with van der Waals surface area (Å²) in [5.74, 6) is 1.66. The third-order valence-corrected chi connectivity index (χ3v) is 4.92. The molecule has 1 saturated heterocycles. The fourth-order valence-electron chi connectivity index (χ4n) is 2.62. The van der Waals surface area contributed by atoms with Crippen molar-refractivity contribution in [2.24, 2.45) is 0 Å². The van der Waals surface area contributed by atoms with E-state index in [0.717, 1.165) is 42.1 Å². The first kappa shape index (κ1) is 14.5. The van der Waals surface area contributed by atoms with Gasteiger partial charge in [-0.05, 0) is 32.3 Å². The van der Waals surface area contributed by atoms with Gasteiger partial charge in [0.1, 0.15) is 4.83 Å². The molecule has 0 aromatic carbocycles. The van der Waals surface area contributed by atoms with Crippen LogP contribution in [-0.4, -0.2) is 34.6 Å². The number of aryl methyl sites for hydroxylation is 1. The molecule has 0 unspecified atom stereocenters. The van der Waals surface area contributed by atoms with Crippen LogP contribution in [0.15, 0.2) is 6.07 Å². The first-order valence-electron chi connectivity index (χ1n) is 7.86. The Morgan fingerprint density at radius 1 is 1.19 bits per heavy atom. The minimum Gasteiger partial charge on any atom is -0.354 e. The molecule has 0 radical (unpaired) electrons. The van der Waals surface area contributed by atoms with Gasteiger partial charge in [0, 0.05) is 24.5 Å². The highest BCUT2D eigenvalue weighted by Crippen LogP contribution is 2.31. The topological polar surface area (TPSA) is 53.1 Å². The number of nitrogens with zero attached hydrogens (tertiary/aromatic N) is 3. The molecule has 6 heteroatoms. The minimum absolute atomic E-state index is 0.717. The van der Waals surface area contributed by atoms with Crippen LogP contribution < -0.4 is 10.7 Å². The van der Waals surface area contributed by atoms with E-state index in [1.54, 1.807) is 11.3 Å². The Bertz CT molecular complexity index is 603. The molecule has 3 heterocycles. The number of hydrogen-bond acceptors (Lipinski definition) is 6. The van der Waals surface area contributed by atoms with Crippen molar-refractivity contribution >= 4 is 33.3 Å². The quantitative estimate of drug-likeness (QED) is 0.885. The van der Waals surface area contributed by atoms with Crippen LogP contribution >= 0.6 is 11.3 Å². The zero-order chi connectivity index (χ0) is 14.7. The van der Waals surface area contributed by atoms with Gasteiger partial charge in [-0.25, -0.2) is 9.99 Å². The van der Waals surface area contributed by atoms with E-state index in [9.17, 15) is 0 Å². The van der Waals surface area contributed by atoms with E-state index in [1.165, 1.54) is 24.1 Å². The summed E-state index contributed by atoms with van der Waals surface area (Å²) < 4.78 is 0. The molecule has 0 aliphatic carbocycles. The van der Waals surface area contributed by atoms with Crippen LogP contribution in [0.25, 0.3) is 10.2 Å². The third kappa shape index (κ3) is 3.27. The second-order valence-electron chi connectivity index (χ2n) is 5.37. The molecule has 0 saturated carbocycles. The molecule has 0 spiro atoms. The predicted octanol–water partition coefficient (Wildman–Crippen LogP) is 3.50. The molecule has 3 rings (SSSR count). The summed E-state index contributed by atoms with van der Waals surface area (Å²) in [6.07, 6.45) is 4.88. The number of hydrazine groups is 1. The van der Waals surface area contributed by atoms with Gasteiger partial charge < -0.3 is 10.7 Å². The predicted molar refractivity (Wildman–Crippen MR) is 90.0 cm³/mol. The minimum atomic E-state index is 0.717. The Labute approximate surface area is 129 Å². The van der Waals surface area contributed by atoms with Crippen LogP contribution in [0, 0.1) is 0 Å². The molecular weight excluding hydrogens is 282 g/mol. The summed E-state index contributed by atoms with van der Waals surface area (Å²) in [7, 11) is 0. The average molecular weight is 305 g/mol. The molecule has 21 heavy (non-hydrogen) atoms. The summed E-state index contributed by atoms with van der Waals surface area (Å²) in [4.78, 5) is 11.7. The van der Waals surface area contributed by atoms with E-state index in [-0.39, 0.29) is 0 Å². The Balaban J connectivity index is 1.94. The van der Waals surface area contributed by atoms with Crippen molar-refractivity contribution in [3.8, 4) is 0 Å². The van der Waals surface area contributed by atoms with Crippen molar-refractivity contribution in [1.29, 1.82) is 0 Å². The molecule has 2 aromatic rings. The van der Waals surface area contributed by atoms with Gasteiger partial charge in [0.15, 0.2) is 5.82 Å². The van der Waals surface area contributed by atoms with Crippen LogP contribution in [0.1, 0.15) is 38.0 Å². The Kier molecular flexibility index (Phi) is 4.55. The molecule has 1 fully saturated rings. The molecule has 5 nitrogen and oxygen atoms in total. The number of fused-ring (bicyclic) bond motifs is 1. The molecule has 0 amide bonds. The van der Waals surface area contributed by atoms with E-state index in [4.69, 9.17) is 0 Å². The zero-order valence-electron chi connectivity index (χ0n) is 12.8. The largest absolute Gasteiger partial charge is 0.354 e. The molecule has 1 aliphatic heterocycles. The summed E-state index contributed by atoms with van der Waals surface area (Å²) in [6.45, 7) is 7.26. The van der Waals surface area contributed by atoms with E-state index >= 15 is 0 Å². The maximum atomic E-state index is 4.66. The lowest BCUT2D eigenvalue weighted by atomic mass is 10.2. The molecule has 2 N–H and O–H groups in total. The highest BCUT2D eigenvalue weighted by molar-refractivity contribution is 7.18. The third-order valence-electron chi connectivity index (χ3n) is 3.75. The zero-order valence-corrected chi connectivity index (χ0v) is 13.6. The normalized spacial score (nSPS) is 16.3. The maximum absolute atomic E-state index is 4.66. The van der Waals surface area contributed by atoms with E-state index in [1.807, 2.05) is 0 Å². The number of anilines is 2. The first-order valence-corrected chi connectivity index (χ1v) is 8.67. The van der Waals surface area contributed by atoms with Gasteiger partial charge in [0.25, 0.3) is 0 Å². The van der Waals surface area contributed by atoms with Crippen molar-refractivity contribution in [1.82, 2.24) is 15.0 Å². The number of piperidine rings is 1. The lowest BCUT2D eigenvalue weighted by molar-refractivity contribution is 0.272. The van der Waals surface area contributed by atoms with Gasteiger partial charge in [-0.1, -0.05) is 13.3 Å². The van der Waals surface area contributed by atoms with E-state index in [2.05, 4.69) is 45.6 Å². The van der Waals surface area contributed by atoms with Crippen molar-refractivity contribution in [2.45, 2.75) is 39.5 Å². The molecule has 0 bridgehead atoms. The molecule has 1 aliphatic rings. The van der Waals surface area contributed by atoms with Crippen molar-refractivity contribution in [3.05, 3.63) is 10.9 Å². The summed E-state index contributed by atoms with van der Waals surface area (Å²) in [6, 6.07) is 2.22. The number of thiophene rings is 1. The lowest BCUT2D eigenvalue weighted by Gasteiger charge is -2.27. The highest BCUT2D eigenvalue weighted by Gasteiger charge is 2.15. The summed E-state index contributed by atoms with van der Waals surface area (Å²) in [5.41, 5.74) is 3.51. The van der Waals surface area contributed by atoms with Gasteiger partial charge in [-0.15, -0.1) is 11.3 Å². The van der Waals surface area contributed by atoms with Gasteiger partial charge in [-0.3, -0.25) is 0 Å². The van der Waals surface area contributed by atoms with Crippen LogP contribution in [0.3, 0.4) is 0 Å².